The first-order valence-corrected chi connectivity index (χ1v) is 14.5. The highest BCUT2D eigenvalue weighted by molar-refractivity contribution is 9.10. The number of fused-ring (bicyclic) bond motifs is 1. The number of hydrogen-bond acceptors (Lipinski definition) is 6. The van der Waals surface area contributed by atoms with Crippen LogP contribution in [0.4, 0.5) is 10.5 Å². The van der Waals surface area contributed by atoms with Crippen LogP contribution in [0.1, 0.15) is 31.0 Å². The second kappa shape index (κ2) is 11.0. The Bertz CT molecular complexity index is 1420. The highest BCUT2D eigenvalue weighted by Gasteiger charge is 2.32. The molecule has 0 saturated heterocycles. The van der Waals surface area contributed by atoms with Crippen molar-refractivity contribution in [2.45, 2.75) is 25.6 Å². The Morgan fingerprint density at radius 1 is 1.22 bits per heavy atom. The summed E-state index contributed by atoms with van der Waals surface area (Å²) in [4.78, 5) is 19.9. The third-order valence-electron chi connectivity index (χ3n) is 6.25. The van der Waals surface area contributed by atoms with E-state index in [0.717, 1.165) is 27.7 Å². The van der Waals surface area contributed by atoms with E-state index in [-0.39, 0.29) is 11.5 Å². The van der Waals surface area contributed by atoms with E-state index in [1.165, 1.54) is 0 Å². The lowest BCUT2D eigenvalue weighted by Crippen LogP contribution is -2.47. The van der Waals surface area contributed by atoms with Gasteiger partial charge in [-0.3, -0.25) is 5.32 Å². The molecule has 4 rings (SSSR count). The standard InChI is InChI=1S/C27H30BrN5O3S/c1-17-11-20(14-33(3)13-17)25(29)18(2)26(30-22-7-5-4-6-8-22)32-27(34)31-24-16-37(35,36)15-19-9-10-21(28)12-23(19)24/h4-12,14,18,24,29H,13,15-16H2,1-3H3,(H2,30,31,32,34). The van der Waals surface area contributed by atoms with Gasteiger partial charge in [-0.25, -0.2) is 18.2 Å². The number of allylic oxidation sites excluding steroid dienone is 2. The van der Waals surface area contributed by atoms with Gasteiger partial charge < -0.3 is 15.6 Å². The molecule has 0 fully saturated rings. The summed E-state index contributed by atoms with van der Waals surface area (Å²) in [6, 6.07) is 13.3. The van der Waals surface area contributed by atoms with Crippen LogP contribution in [0.5, 0.6) is 0 Å². The molecule has 0 bridgehead atoms. The number of para-hydroxylation sites is 1. The molecule has 37 heavy (non-hydrogen) atoms. The zero-order valence-electron chi connectivity index (χ0n) is 21.0. The summed E-state index contributed by atoms with van der Waals surface area (Å²) in [6.45, 7) is 4.62. The molecule has 2 aliphatic heterocycles. The molecule has 0 radical (unpaired) electrons. The number of amidine groups is 1. The lowest BCUT2D eigenvalue weighted by Gasteiger charge is -2.28. The molecule has 0 aliphatic carbocycles. The van der Waals surface area contributed by atoms with Crippen LogP contribution < -0.4 is 10.6 Å². The van der Waals surface area contributed by atoms with Crippen LogP contribution in [0.15, 0.2) is 81.4 Å². The number of carbonyl (C=O) groups is 1. The quantitative estimate of drug-likeness (QED) is 0.343. The fourth-order valence-corrected chi connectivity index (χ4v) is 6.53. The molecule has 194 valence electrons. The summed E-state index contributed by atoms with van der Waals surface area (Å²) >= 11 is 3.44. The maximum absolute atomic E-state index is 13.2. The van der Waals surface area contributed by atoms with E-state index in [0.29, 0.717) is 22.8 Å². The monoisotopic (exact) mass is 583 g/mol. The maximum atomic E-state index is 13.2. The van der Waals surface area contributed by atoms with Crippen LogP contribution in [0.2, 0.25) is 0 Å². The highest BCUT2D eigenvalue weighted by atomic mass is 79.9. The number of benzene rings is 2. The Kier molecular flexibility index (Phi) is 7.99. The number of aliphatic imine (C=N–C) groups is 1. The van der Waals surface area contributed by atoms with Crippen molar-refractivity contribution in [2.75, 3.05) is 19.3 Å². The van der Waals surface area contributed by atoms with Crippen molar-refractivity contribution < 1.29 is 13.2 Å². The van der Waals surface area contributed by atoms with Crippen molar-refractivity contribution in [3.63, 3.8) is 0 Å². The third-order valence-corrected chi connectivity index (χ3v) is 8.33. The molecular weight excluding hydrogens is 554 g/mol. The van der Waals surface area contributed by atoms with Crippen molar-refractivity contribution in [2.24, 2.45) is 10.9 Å². The molecule has 10 heteroatoms. The molecule has 2 atom stereocenters. The first kappa shape index (κ1) is 26.8. The molecule has 8 nitrogen and oxygen atoms in total. The predicted molar refractivity (Wildman–Crippen MR) is 151 cm³/mol. The van der Waals surface area contributed by atoms with E-state index in [1.807, 2.05) is 74.5 Å². The molecule has 2 unspecified atom stereocenters. The number of nitrogens with zero attached hydrogens (tertiary/aromatic N) is 2. The van der Waals surface area contributed by atoms with Crippen LogP contribution in [0.25, 0.3) is 0 Å². The normalized spacial score (nSPS) is 19.7. The van der Waals surface area contributed by atoms with Crippen LogP contribution in [0.3, 0.4) is 0 Å². The Labute approximate surface area is 226 Å². The van der Waals surface area contributed by atoms with Gasteiger partial charge >= 0.3 is 6.03 Å². The summed E-state index contributed by atoms with van der Waals surface area (Å²) in [6.07, 6.45) is 3.88. The molecule has 0 aromatic heterocycles. The second-order valence-corrected chi connectivity index (χ2v) is 12.5. The van der Waals surface area contributed by atoms with Crippen LogP contribution in [-0.4, -0.2) is 50.2 Å². The van der Waals surface area contributed by atoms with E-state index < -0.39 is 27.8 Å². The lowest BCUT2D eigenvalue weighted by atomic mass is 9.94. The fraction of sp³-hybridized carbons (Fsp3) is 0.296. The number of nitrogens with one attached hydrogen (secondary N) is 3. The van der Waals surface area contributed by atoms with Gasteiger partial charge in [-0.05, 0) is 49.2 Å². The number of hydrogen-bond donors (Lipinski definition) is 3. The van der Waals surface area contributed by atoms with E-state index >= 15 is 0 Å². The smallest absolute Gasteiger partial charge is 0.320 e. The third kappa shape index (κ3) is 6.75. The van der Waals surface area contributed by atoms with Gasteiger partial charge in [-0.1, -0.05) is 51.8 Å². The van der Waals surface area contributed by atoms with Gasteiger partial charge in [0.2, 0.25) is 0 Å². The number of amides is 2. The van der Waals surface area contributed by atoms with E-state index in [2.05, 4.69) is 31.6 Å². The summed E-state index contributed by atoms with van der Waals surface area (Å²) < 4.78 is 25.9. The van der Waals surface area contributed by atoms with Crippen molar-refractivity contribution in [3.8, 4) is 0 Å². The second-order valence-electron chi connectivity index (χ2n) is 9.51. The minimum Gasteiger partial charge on any atom is -0.376 e. The Morgan fingerprint density at radius 2 is 1.95 bits per heavy atom. The zero-order chi connectivity index (χ0) is 26.7. The topological polar surface area (TPSA) is 115 Å². The summed E-state index contributed by atoms with van der Waals surface area (Å²) in [5.74, 6) is -0.490. The molecule has 0 saturated carbocycles. The minimum absolute atomic E-state index is 0.0547. The fourth-order valence-electron chi connectivity index (χ4n) is 4.52. The number of likely N-dealkylation sites (N-methyl/N-ethyl adjacent to an activating group) is 1. The molecule has 2 amide bonds. The molecule has 2 aromatic rings. The van der Waals surface area contributed by atoms with Gasteiger partial charge in [0.25, 0.3) is 0 Å². The van der Waals surface area contributed by atoms with Gasteiger partial charge in [-0.2, -0.15) is 0 Å². The average Bonchev–Trinajstić information content (AvgIpc) is 2.82. The Balaban J connectivity index is 1.60. The molecule has 3 N–H and O–H groups in total. The van der Waals surface area contributed by atoms with Gasteiger partial charge in [0.05, 0.1) is 34.9 Å². The number of sulfone groups is 1. The molecule has 0 spiro atoms. The van der Waals surface area contributed by atoms with Crippen LogP contribution in [-0.2, 0) is 15.6 Å². The minimum atomic E-state index is -3.38. The number of rotatable bonds is 5. The Morgan fingerprint density at radius 3 is 2.65 bits per heavy atom. The van der Waals surface area contributed by atoms with E-state index in [1.54, 1.807) is 12.1 Å². The first-order chi connectivity index (χ1) is 17.5. The summed E-state index contributed by atoms with van der Waals surface area (Å²) in [7, 11) is -1.42. The number of carbonyl (C=O) groups excluding carboxylic acids is 1. The van der Waals surface area contributed by atoms with Crippen molar-refractivity contribution in [1.82, 2.24) is 15.5 Å². The molecule has 2 aromatic carbocycles. The largest absolute Gasteiger partial charge is 0.376 e. The summed E-state index contributed by atoms with van der Waals surface area (Å²) in [5, 5.41) is 14.5. The SMILES string of the molecule is CC1=CC(C(=N)C(C)C(=Nc2ccccc2)NC(=O)NC2CS(=O)(=O)Cc3ccc(Br)cc32)=CN(C)C1. The average molecular weight is 585 g/mol. The van der Waals surface area contributed by atoms with Gasteiger partial charge in [0.15, 0.2) is 9.84 Å². The molecular formula is C27H30BrN5O3S. The van der Waals surface area contributed by atoms with E-state index in [9.17, 15) is 13.2 Å². The number of halogens is 1. The highest BCUT2D eigenvalue weighted by Crippen LogP contribution is 2.30. The zero-order valence-corrected chi connectivity index (χ0v) is 23.4. The van der Waals surface area contributed by atoms with Crippen molar-refractivity contribution in [3.05, 3.63) is 87.6 Å². The van der Waals surface area contributed by atoms with Gasteiger partial charge in [-0.15, -0.1) is 0 Å². The van der Waals surface area contributed by atoms with Crippen LogP contribution in [0, 0.1) is 11.3 Å². The lowest BCUT2D eigenvalue weighted by molar-refractivity contribution is 0.242. The first-order valence-electron chi connectivity index (χ1n) is 11.9. The van der Waals surface area contributed by atoms with Crippen molar-refractivity contribution >= 4 is 49.0 Å². The maximum Gasteiger partial charge on any atom is 0.320 e. The molecule has 2 aliphatic rings. The predicted octanol–water partition coefficient (Wildman–Crippen LogP) is 4.88. The number of urea groups is 1. The Hall–Kier alpha value is -3.24. The summed E-state index contributed by atoms with van der Waals surface area (Å²) in [5.41, 5.74) is 4.26. The van der Waals surface area contributed by atoms with Gasteiger partial charge in [0.1, 0.15) is 5.84 Å². The van der Waals surface area contributed by atoms with Crippen molar-refractivity contribution in [1.29, 1.82) is 5.41 Å². The van der Waals surface area contributed by atoms with Gasteiger partial charge in [0, 0.05) is 29.8 Å². The van der Waals surface area contributed by atoms with E-state index in [4.69, 9.17) is 5.41 Å². The molecule has 2 heterocycles. The van der Waals surface area contributed by atoms with Crippen LogP contribution >= 0.6 is 15.9 Å².